The van der Waals surface area contributed by atoms with E-state index in [4.69, 9.17) is 9.26 Å². The van der Waals surface area contributed by atoms with Gasteiger partial charge in [0, 0.05) is 12.5 Å². The molecule has 0 amide bonds. The number of hydrogen-bond donors (Lipinski definition) is 0. The van der Waals surface area contributed by atoms with Crippen LogP contribution in [0.1, 0.15) is 44.8 Å². The summed E-state index contributed by atoms with van der Waals surface area (Å²) in [5, 5.41) is 3.89. The molecule has 6 heteroatoms. The Morgan fingerprint density at radius 3 is 2.78 bits per heavy atom. The fourth-order valence-corrected chi connectivity index (χ4v) is 1.39. The highest BCUT2D eigenvalue weighted by atomic mass is 16.5. The van der Waals surface area contributed by atoms with Gasteiger partial charge in [-0.05, 0) is 14.0 Å². The molecule has 1 heterocycles. The fraction of sp³-hybridized carbons (Fsp3) is 0.750. The molecular weight excluding hydrogens is 234 g/mol. The first kappa shape index (κ1) is 14.6. The molecule has 0 saturated heterocycles. The Morgan fingerprint density at radius 1 is 1.50 bits per heavy atom. The summed E-state index contributed by atoms with van der Waals surface area (Å²) in [5.74, 6) is 1.36. The lowest BCUT2D eigenvalue weighted by atomic mass is 10.2. The second-order valence-electron chi connectivity index (χ2n) is 4.49. The second kappa shape index (κ2) is 7.10. The molecule has 1 aromatic rings. The number of esters is 1. The standard InChI is InChI=1S/C12H21N3O3/c1-5-17-11(16)6-7-15(4)8-10-13-12(9(2)3)14-18-10/h9H,5-8H2,1-4H3. The van der Waals surface area contributed by atoms with E-state index in [0.717, 1.165) is 0 Å². The van der Waals surface area contributed by atoms with E-state index in [9.17, 15) is 4.79 Å². The number of hydrogen-bond acceptors (Lipinski definition) is 6. The number of rotatable bonds is 7. The third-order valence-electron chi connectivity index (χ3n) is 2.41. The van der Waals surface area contributed by atoms with Crippen molar-refractivity contribution in [1.82, 2.24) is 15.0 Å². The third-order valence-corrected chi connectivity index (χ3v) is 2.41. The van der Waals surface area contributed by atoms with Crippen molar-refractivity contribution in [1.29, 1.82) is 0 Å². The molecule has 0 aliphatic rings. The van der Waals surface area contributed by atoms with Gasteiger partial charge in [0.05, 0.1) is 19.6 Å². The molecule has 0 saturated carbocycles. The first-order chi connectivity index (χ1) is 8.52. The Labute approximate surface area is 107 Å². The SMILES string of the molecule is CCOC(=O)CCN(C)Cc1nc(C(C)C)no1. The molecule has 0 N–H and O–H groups in total. The zero-order valence-electron chi connectivity index (χ0n) is 11.5. The van der Waals surface area contributed by atoms with E-state index < -0.39 is 0 Å². The Bertz CT molecular complexity index is 376. The van der Waals surface area contributed by atoms with Crippen LogP contribution in [0.4, 0.5) is 0 Å². The van der Waals surface area contributed by atoms with Gasteiger partial charge in [0.25, 0.3) is 0 Å². The summed E-state index contributed by atoms with van der Waals surface area (Å²) in [6, 6.07) is 0. The van der Waals surface area contributed by atoms with Crippen molar-refractivity contribution >= 4 is 5.97 Å². The van der Waals surface area contributed by atoms with Crippen molar-refractivity contribution in [3.05, 3.63) is 11.7 Å². The molecule has 0 radical (unpaired) electrons. The second-order valence-corrected chi connectivity index (χ2v) is 4.49. The van der Waals surface area contributed by atoms with Crippen molar-refractivity contribution in [2.45, 2.75) is 39.7 Å². The Balaban J connectivity index is 2.34. The van der Waals surface area contributed by atoms with Crippen LogP contribution in [0.25, 0.3) is 0 Å². The van der Waals surface area contributed by atoms with Crippen molar-refractivity contribution < 1.29 is 14.1 Å². The molecule has 1 rings (SSSR count). The largest absolute Gasteiger partial charge is 0.466 e. The highest BCUT2D eigenvalue weighted by molar-refractivity contribution is 5.69. The minimum atomic E-state index is -0.183. The zero-order chi connectivity index (χ0) is 13.5. The summed E-state index contributed by atoms with van der Waals surface area (Å²) in [6.45, 7) is 7.40. The molecule has 0 atom stereocenters. The average Bonchev–Trinajstić information content (AvgIpc) is 2.75. The summed E-state index contributed by atoms with van der Waals surface area (Å²) in [6.07, 6.45) is 0.371. The number of carbonyl (C=O) groups excluding carboxylic acids is 1. The minimum Gasteiger partial charge on any atom is -0.466 e. The third kappa shape index (κ3) is 4.83. The van der Waals surface area contributed by atoms with E-state index in [1.165, 1.54) is 0 Å². The lowest BCUT2D eigenvalue weighted by Crippen LogP contribution is -2.22. The van der Waals surface area contributed by atoms with Crippen LogP contribution in [0.5, 0.6) is 0 Å². The first-order valence-corrected chi connectivity index (χ1v) is 6.19. The molecule has 6 nitrogen and oxygen atoms in total. The topological polar surface area (TPSA) is 68.5 Å². The fourth-order valence-electron chi connectivity index (χ4n) is 1.39. The predicted octanol–water partition coefficient (Wildman–Crippen LogP) is 1.58. The smallest absolute Gasteiger partial charge is 0.307 e. The van der Waals surface area contributed by atoms with Crippen LogP contribution >= 0.6 is 0 Å². The zero-order valence-corrected chi connectivity index (χ0v) is 11.5. The maximum Gasteiger partial charge on any atom is 0.307 e. The number of ether oxygens (including phenoxy) is 1. The van der Waals surface area contributed by atoms with Gasteiger partial charge < -0.3 is 9.26 Å². The van der Waals surface area contributed by atoms with E-state index in [0.29, 0.717) is 37.8 Å². The van der Waals surface area contributed by atoms with Gasteiger partial charge in [-0.25, -0.2) is 0 Å². The highest BCUT2D eigenvalue weighted by Gasteiger charge is 2.12. The molecule has 102 valence electrons. The number of carbonyl (C=O) groups is 1. The maximum absolute atomic E-state index is 11.2. The molecule has 0 aliphatic carbocycles. The lowest BCUT2D eigenvalue weighted by Gasteiger charge is -2.12. The van der Waals surface area contributed by atoms with Gasteiger partial charge in [0.2, 0.25) is 5.89 Å². The maximum atomic E-state index is 11.2. The van der Waals surface area contributed by atoms with Crippen molar-refractivity contribution in [3.8, 4) is 0 Å². The van der Waals surface area contributed by atoms with E-state index in [-0.39, 0.29) is 11.9 Å². The van der Waals surface area contributed by atoms with Gasteiger partial charge in [0.1, 0.15) is 0 Å². The molecule has 1 aromatic heterocycles. The van der Waals surface area contributed by atoms with Gasteiger partial charge >= 0.3 is 5.97 Å². The molecule has 0 unspecified atom stereocenters. The lowest BCUT2D eigenvalue weighted by molar-refractivity contribution is -0.143. The average molecular weight is 255 g/mol. The number of nitrogens with zero attached hydrogens (tertiary/aromatic N) is 3. The van der Waals surface area contributed by atoms with Crippen molar-refractivity contribution in [2.75, 3.05) is 20.2 Å². The van der Waals surface area contributed by atoms with Gasteiger partial charge in [-0.2, -0.15) is 4.98 Å². The first-order valence-electron chi connectivity index (χ1n) is 6.19. The Morgan fingerprint density at radius 2 is 2.22 bits per heavy atom. The van der Waals surface area contributed by atoms with Crippen LogP contribution in [0, 0.1) is 0 Å². The molecule has 0 bridgehead atoms. The van der Waals surface area contributed by atoms with E-state index >= 15 is 0 Å². The van der Waals surface area contributed by atoms with Crippen LogP contribution in [-0.4, -0.2) is 41.2 Å². The van der Waals surface area contributed by atoms with Crippen LogP contribution < -0.4 is 0 Å². The van der Waals surface area contributed by atoms with Gasteiger partial charge in [0.15, 0.2) is 5.82 Å². The summed E-state index contributed by atoms with van der Waals surface area (Å²) in [7, 11) is 1.90. The normalized spacial score (nSPS) is 11.2. The summed E-state index contributed by atoms with van der Waals surface area (Å²) < 4.78 is 9.99. The van der Waals surface area contributed by atoms with Crippen molar-refractivity contribution in [2.24, 2.45) is 0 Å². The summed E-state index contributed by atoms with van der Waals surface area (Å²) >= 11 is 0. The van der Waals surface area contributed by atoms with E-state index in [1.807, 2.05) is 25.8 Å². The van der Waals surface area contributed by atoms with Gasteiger partial charge in [-0.3, -0.25) is 9.69 Å². The molecular formula is C12H21N3O3. The number of aromatic nitrogens is 2. The molecule has 0 aliphatic heterocycles. The summed E-state index contributed by atoms with van der Waals surface area (Å²) in [4.78, 5) is 17.4. The van der Waals surface area contributed by atoms with Gasteiger partial charge in [-0.1, -0.05) is 19.0 Å². The van der Waals surface area contributed by atoms with E-state index in [1.54, 1.807) is 6.92 Å². The monoisotopic (exact) mass is 255 g/mol. The molecule has 0 fully saturated rings. The van der Waals surface area contributed by atoms with Crippen LogP contribution in [0.15, 0.2) is 4.52 Å². The van der Waals surface area contributed by atoms with Crippen molar-refractivity contribution in [3.63, 3.8) is 0 Å². The molecule has 0 aromatic carbocycles. The quantitative estimate of drug-likeness (QED) is 0.689. The Hall–Kier alpha value is -1.43. The predicted molar refractivity (Wildman–Crippen MR) is 66.0 cm³/mol. The van der Waals surface area contributed by atoms with Gasteiger partial charge in [-0.15, -0.1) is 0 Å². The molecule has 18 heavy (non-hydrogen) atoms. The highest BCUT2D eigenvalue weighted by Crippen LogP contribution is 2.10. The molecule has 0 spiro atoms. The van der Waals surface area contributed by atoms with Crippen LogP contribution in [0.3, 0.4) is 0 Å². The minimum absolute atomic E-state index is 0.183. The summed E-state index contributed by atoms with van der Waals surface area (Å²) in [5.41, 5.74) is 0. The van der Waals surface area contributed by atoms with Crippen LogP contribution in [0.2, 0.25) is 0 Å². The van der Waals surface area contributed by atoms with E-state index in [2.05, 4.69) is 10.1 Å². The van der Waals surface area contributed by atoms with Crippen LogP contribution in [-0.2, 0) is 16.1 Å². The Kier molecular flexibility index (Phi) is 5.77.